The zero-order chi connectivity index (χ0) is 19.1. The summed E-state index contributed by atoms with van der Waals surface area (Å²) >= 11 is 1.63. The second kappa shape index (κ2) is 9.42. The lowest BCUT2D eigenvalue weighted by molar-refractivity contribution is -0.118. The van der Waals surface area contributed by atoms with Gasteiger partial charge in [-0.3, -0.25) is 9.48 Å². The van der Waals surface area contributed by atoms with Crippen molar-refractivity contribution in [1.82, 2.24) is 15.1 Å². The number of amides is 1. The smallest absolute Gasteiger partial charge is 0.230 e. The minimum absolute atomic E-state index is 0.0701. The van der Waals surface area contributed by atoms with Gasteiger partial charge < -0.3 is 5.32 Å². The zero-order valence-corrected chi connectivity index (χ0v) is 16.6. The molecule has 3 rings (SSSR count). The molecule has 4 nitrogen and oxygen atoms in total. The highest BCUT2D eigenvalue weighted by Gasteiger charge is 2.13. The Morgan fingerprint density at radius 3 is 2.41 bits per heavy atom. The van der Waals surface area contributed by atoms with Gasteiger partial charge in [-0.2, -0.15) is 5.10 Å². The molecule has 0 atom stereocenters. The van der Waals surface area contributed by atoms with Crippen LogP contribution in [0, 0.1) is 13.8 Å². The van der Waals surface area contributed by atoms with Gasteiger partial charge in [0.15, 0.2) is 0 Å². The molecule has 0 unspecified atom stereocenters. The Morgan fingerprint density at radius 1 is 1.04 bits per heavy atom. The van der Waals surface area contributed by atoms with Gasteiger partial charge in [0, 0.05) is 23.6 Å². The van der Waals surface area contributed by atoms with E-state index in [1.165, 1.54) is 16.7 Å². The molecule has 1 N–H and O–H groups in total. The highest BCUT2D eigenvalue weighted by atomic mass is 32.2. The summed E-state index contributed by atoms with van der Waals surface area (Å²) in [5.74, 6) is 1.40. The van der Waals surface area contributed by atoms with E-state index in [0.29, 0.717) is 18.8 Å². The van der Waals surface area contributed by atoms with Crippen molar-refractivity contribution in [1.29, 1.82) is 0 Å². The number of hydrogen-bond donors (Lipinski definition) is 1. The number of aromatic nitrogens is 2. The molecule has 0 aliphatic rings. The van der Waals surface area contributed by atoms with Crippen LogP contribution in [0.5, 0.6) is 0 Å². The average Bonchev–Trinajstić information content (AvgIpc) is 2.97. The van der Waals surface area contributed by atoms with Crippen molar-refractivity contribution in [2.24, 2.45) is 0 Å². The first-order chi connectivity index (χ1) is 13.1. The molecule has 2 aromatic carbocycles. The maximum Gasteiger partial charge on any atom is 0.230 e. The monoisotopic (exact) mass is 379 g/mol. The van der Waals surface area contributed by atoms with Crippen LogP contribution in [0.2, 0.25) is 0 Å². The van der Waals surface area contributed by atoms with Crippen molar-refractivity contribution in [3.8, 4) is 11.1 Å². The van der Waals surface area contributed by atoms with Crippen molar-refractivity contribution in [2.75, 3.05) is 12.3 Å². The van der Waals surface area contributed by atoms with E-state index in [-0.39, 0.29) is 5.91 Å². The third-order valence-electron chi connectivity index (χ3n) is 4.43. The summed E-state index contributed by atoms with van der Waals surface area (Å²) in [6, 6.07) is 20.5. The molecule has 0 saturated heterocycles. The Bertz CT molecular complexity index is 875. The Hall–Kier alpha value is -2.53. The Kier molecular flexibility index (Phi) is 6.71. The lowest BCUT2D eigenvalue weighted by Gasteiger charge is -2.08. The van der Waals surface area contributed by atoms with Crippen LogP contribution in [0.25, 0.3) is 11.1 Å². The molecular formula is C22H25N3OS. The first kappa shape index (κ1) is 19.2. The standard InChI is InChI=1S/C22H25N3OS/c1-17-22(20-11-7-4-8-12-20)18(2)25(24-17)14-13-23-21(26)16-27-15-19-9-5-3-6-10-19/h3-12H,13-16H2,1-2H3,(H,23,26). The first-order valence-corrected chi connectivity index (χ1v) is 10.3. The van der Waals surface area contributed by atoms with Crippen molar-refractivity contribution in [2.45, 2.75) is 26.1 Å². The molecule has 1 aromatic heterocycles. The van der Waals surface area contributed by atoms with Gasteiger partial charge in [-0.1, -0.05) is 60.7 Å². The second-order valence-electron chi connectivity index (χ2n) is 6.46. The molecule has 0 saturated carbocycles. The van der Waals surface area contributed by atoms with Crippen LogP contribution in [0.3, 0.4) is 0 Å². The minimum atomic E-state index is 0.0701. The van der Waals surface area contributed by atoms with E-state index in [2.05, 4.69) is 41.6 Å². The molecule has 0 aliphatic heterocycles. The number of hydrogen-bond acceptors (Lipinski definition) is 3. The summed E-state index contributed by atoms with van der Waals surface area (Å²) in [7, 11) is 0. The quantitative estimate of drug-likeness (QED) is 0.637. The summed E-state index contributed by atoms with van der Waals surface area (Å²) < 4.78 is 1.98. The topological polar surface area (TPSA) is 46.9 Å². The highest BCUT2D eigenvalue weighted by molar-refractivity contribution is 7.99. The van der Waals surface area contributed by atoms with E-state index in [9.17, 15) is 4.79 Å². The van der Waals surface area contributed by atoms with E-state index in [1.807, 2.05) is 48.0 Å². The highest BCUT2D eigenvalue weighted by Crippen LogP contribution is 2.26. The summed E-state index contributed by atoms with van der Waals surface area (Å²) in [6.45, 7) is 5.38. The Morgan fingerprint density at radius 2 is 1.70 bits per heavy atom. The summed E-state index contributed by atoms with van der Waals surface area (Å²) in [4.78, 5) is 12.0. The number of rotatable bonds is 8. The first-order valence-electron chi connectivity index (χ1n) is 9.13. The fraction of sp³-hybridized carbons (Fsp3) is 0.273. The van der Waals surface area contributed by atoms with Crippen LogP contribution in [-0.2, 0) is 17.1 Å². The molecule has 3 aromatic rings. The number of carbonyl (C=O) groups is 1. The molecule has 27 heavy (non-hydrogen) atoms. The molecule has 0 fully saturated rings. The largest absolute Gasteiger partial charge is 0.354 e. The van der Waals surface area contributed by atoms with Gasteiger partial charge in [-0.05, 0) is 25.0 Å². The van der Waals surface area contributed by atoms with Crippen LogP contribution >= 0.6 is 11.8 Å². The predicted molar refractivity (Wildman–Crippen MR) is 113 cm³/mol. The molecule has 5 heteroatoms. The summed E-state index contributed by atoms with van der Waals surface area (Å²) in [6.07, 6.45) is 0. The molecular weight excluding hydrogens is 354 g/mol. The van der Waals surface area contributed by atoms with E-state index in [4.69, 9.17) is 0 Å². The molecule has 0 aliphatic carbocycles. The number of thioether (sulfide) groups is 1. The molecule has 140 valence electrons. The Labute approximate surface area is 165 Å². The predicted octanol–water partition coefficient (Wildman–Crippen LogP) is 4.22. The van der Waals surface area contributed by atoms with Gasteiger partial charge >= 0.3 is 0 Å². The van der Waals surface area contributed by atoms with E-state index in [0.717, 1.165) is 17.1 Å². The van der Waals surface area contributed by atoms with Crippen molar-refractivity contribution < 1.29 is 4.79 Å². The lowest BCUT2D eigenvalue weighted by atomic mass is 10.0. The number of nitrogens with zero attached hydrogens (tertiary/aromatic N) is 2. The molecule has 0 radical (unpaired) electrons. The van der Waals surface area contributed by atoms with Gasteiger partial charge in [-0.15, -0.1) is 11.8 Å². The average molecular weight is 380 g/mol. The fourth-order valence-electron chi connectivity index (χ4n) is 3.13. The van der Waals surface area contributed by atoms with Crippen LogP contribution in [0.15, 0.2) is 60.7 Å². The van der Waals surface area contributed by atoms with Crippen molar-refractivity contribution in [3.63, 3.8) is 0 Å². The maximum atomic E-state index is 12.0. The Balaban J connectivity index is 1.47. The van der Waals surface area contributed by atoms with Gasteiger partial charge in [0.25, 0.3) is 0 Å². The van der Waals surface area contributed by atoms with Crippen LogP contribution in [0.4, 0.5) is 0 Å². The minimum Gasteiger partial charge on any atom is -0.354 e. The number of carbonyl (C=O) groups excluding carboxylic acids is 1. The van der Waals surface area contributed by atoms with E-state index >= 15 is 0 Å². The number of nitrogens with one attached hydrogen (secondary N) is 1. The summed E-state index contributed by atoms with van der Waals surface area (Å²) in [5.41, 5.74) is 5.75. The van der Waals surface area contributed by atoms with Gasteiger partial charge in [-0.25, -0.2) is 0 Å². The third-order valence-corrected chi connectivity index (χ3v) is 5.44. The van der Waals surface area contributed by atoms with Crippen LogP contribution in [0.1, 0.15) is 17.0 Å². The van der Waals surface area contributed by atoms with Gasteiger partial charge in [0.2, 0.25) is 5.91 Å². The second-order valence-corrected chi connectivity index (χ2v) is 7.45. The number of aryl methyl sites for hydroxylation is 1. The van der Waals surface area contributed by atoms with Gasteiger partial charge in [0.05, 0.1) is 18.0 Å². The molecule has 0 bridgehead atoms. The number of benzene rings is 2. The van der Waals surface area contributed by atoms with Crippen molar-refractivity contribution in [3.05, 3.63) is 77.6 Å². The van der Waals surface area contributed by atoms with Crippen LogP contribution in [-0.4, -0.2) is 28.0 Å². The maximum absolute atomic E-state index is 12.0. The van der Waals surface area contributed by atoms with Crippen molar-refractivity contribution >= 4 is 17.7 Å². The van der Waals surface area contributed by atoms with Crippen LogP contribution < -0.4 is 5.32 Å². The third kappa shape index (κ3) is 5.23. The molecule has 0 spiro atoms. The zero-order valence-electron chi connectivity index (χ0n) is 15.8. The fourth-order valence-corrected chi connectivity index (χ4v) is 3.94. The summed E-state index contributed by atoms with van der Waals surface area (Å²) in [5, 5.41) is 7.64. The lowest BCUT2D eigenvalue weighted by Crippen LogP contribution is -2.29. The SMILES string of the molecule is Cc1nn(CCNC(=O)CSCc2ccccc2)c(C)c1-c1ccccc1. The van der Waals surface area contributed by atoms with E-state index in [1.54, 1.807) is 11.8 Å². The molecule has 1 heterocycles. The normalized spacial score (nSPS) is 10.7. The molecule has 1 amide bonds. The van der Waals surface area contributed by atoms with Gasteiger partial charge in [0.1, 0.15) is 0 Å². The van der Waals surface area contributed by atoms with E-state index < -0.39 is 0 Å².